The van der Waals surface area contributed by atoms with Gasteiger partial charge in [0, 0.05) is 13.1 Å². The summed E-state index contributed by atoms with van der Waals surface area (Å²) in [5.74, 6) is -0.217. The zero-order valence-electron chi connectivity index (χ0n) is 17.9. The van der Waals surface area contributed by atoms with E-state index in [1.807, 2.05) is 6.92 Å². The summed E-state index contributed by atoms with van der Waals surface area (Å²) in [6, 6.07) is 19.1. The first kappa shape index (κ1) is 23.3. The topological polar surface area (TPSA) is 75.7 Å². The first-order chi connectivity index (χ1) is 15.3. The highest BCUT2D eigenvalue weighted by Gasteiger charge is 2.23. The molecule has 0 aliphatic carbocycles. The molecule has 0 saturated heterocycles. The van der Waals surface area contributed by atoms with E-state index in [-0.39, 0.29) is 36.3 Å². The molecular formula is C24H25FN2O4S. The van der Waals surface area contributed by atoms with Gasteiger partial charge >= 0.3 is 0 Å². The van der Waals surface area contributed by atoms with Crippen LogP contribution in [-0.4, -0.2) is 27.5 Å². The van der Waals surface area contributed by atoms with Crippen molar-refractivity contribution in [3.8, 4) is 5.75 Å². The Kier molecular flexibility index (Phi) is 7.48. The SMILES string of the molecule is CCN(c1ccc(OCC(=O)NCc2ccc(F)cc2)cc1)S(=O)(=O)c1ccc(C)cc1. The maximum atomic E-state index is 13.0. The van der Waals surface area contributed by atoms with Crippen LogP contribution in [0.5, 0.6) is 5.75 Å². The normalized spacial score (nSPS) is 11.1. The van der Waals surface area contributed by atoms with Crippen molar-refractivity contribution in [3.05, 3.63) is 89.7 Å². The third-order valence-electron chi connectivity index (χ3n) is 4.79. The van der Waals surface area contributed by atoms with Gasteiger partial charge < -0.3 is 10.1 Å². The number of nitrogens with one attached hydrogen (secondary N) is 1. The Balaban J connectivity index is 1.59. The molecule has 3 aromatic rings. The Morgan fingerprint density at radius 3 is 2.19 bits per heavy atom. The molecule has 6 nitrogen and oxygen atoms in total. The summed E-state index contributed by atoms with van der Waals surface area (Å²) in [5.41, 5.74) is 2.26. The average Bonchev–Trinajstić information content (AvgIpc) is 2.79. The van der Waals surface area contributed by atoms with Gasteiger partial charge in [-0.3, -0.25) is 9.10 Å². The molecule has 1 amide bonds. The number of ether oxygens (including phenoxy) is 1. The van der Waals surface area contributed by atoms with Crippen LogP contribution in [0, 0.1) is 12.7 Å². The first-order valence-corrected chi connectivity index (χ1v) is 11.6. The summed E-state index contributed by atoms with van der Waals surface area (Å²) in [5, 5.41) is 2.70. The number of carbonyl (C=O) groups is 1. The minimum Gasteiger partial charge on any atom is -0.484 e. The summed E-state index contributed by atoms with van der Waals surface area (Å²) in [7, 11) is -3.69. The van der Waals surface area contributed by atoms with Crippen molar-refractivity contribution >= 4 is 21.6 Å². The Labute approximate surface area is 187 Å². The number of amides is 1. The summed E-state index contributed by atoms with van der Waals surface area (Å²) < 4.78 is 45.7. The van der Waals surface area contributed by atoms with Crippen LogP contribution in [0.1, 0.15) is 18.1 Å². The van der Waals surface area contributed by atoms with Crippen molar-refractivity contribution in [2.24, 2.45) is 0 Å². The van der Waals surface area contributed by atoms with Crippen LogP contribution in [0.25, 0.3) is 0 Å². The van der Waals surface area contributed by atoms with Crippen molar-refractivity contribution < 1.29 is 22.3 Å². The van der Waals surface area contributed by atoms with Gasteiger partial charge in [-0.25, -0.2) is 12.8 Å². The van der Waals surface area contributed by atoms with E-state index in [1.54, 1.807) is 67.6 Å². The van der Waals surface area contributed by atoms with E-state index in [1.165, 1.54) is 16.4 Å². The maximum Gasteiger partial charge on any atom is 0.264 e. The van der Waals surface area contributed by atoms with E-state index in [0.29, 0.717) is 11.4 Å². The molecule has 32 heavy (non-hydrogen) atoms. The van der Waals surface area contributed by atoms with Crippen LogP contribution >= 0.6 is 0 Å². The molecule has 3 aromatic carbocycles. The highest BCUT2D eigenvalue weighted by molar-refractivity contribution is 7.92. The van der Waals surface area contributed by atoms with Gasteiger partial charge in [-0.15, -0.1) is 0 Å². The first-order valence-electron chi connectivity index (χ1n) is 10.1. The average molecular weight is 457 g/mol. The Hall–Kier alpha value is -3.39. The van der Waals surface area contributed by atoms with Gasteiger partial charge in [-0.1, -0.05) is 29.8 Å². The number of nitrogens with zero attached hydrogens (tertiary/aromatic N) is 1. The van der Waals surface area contributed by atoms with Crippen LogP contribution in [0.15, 0.2) is 77.7 Å². The second-order valence-corrected chi connectivity index (χ2v) is 9.03. The molecule has 0 radical (unpaired) electrons. The lowest BCUT2D eigenvalue weighted by atomic mass is 10.2. The predicted octanol–water partition coefficient (Wildman–Crippen LogP) is 4.04. The Morgan fingerprint density at radius 1 is 0.969 bits per heavy atom. The number of rotatable bonds is 9. The quantitative estimate of drug-likeness (QED) is 0.527. The number of aryl methyl sites for hydroxylation is 1. The molecule has 3 rings (SSSR count). The minimum atomic E-state index is -3.69. The van der Waals surface area contributed by atoms with Gasteiger partial charge in [0.05, 0.1) is 10.6 Å². The van der Waals surface area contributed by atoms with E-state index in [9.17, 15) is 17.6 Å². The van der Waals surface area contributed by atoms with Crippen LogP contribution < -0.4 is 14.4 Å². The van der Waals surface area contributed by atoms with Crippen molar-refractivity contribution in [2.75, 3.05) is 17.5 Å². The molecule has 0 fully saturated rings. The molecule has 8 heteroatoms. The van der Waals surface area contributed by atoms with E-state index in [0.717, 1.165) is 11.1 Å². The van der Waals surface area contributed by atoms with Crippen molar-refractivity contribution in [1.82, 2.24) is 5.32 Å². The van der Waals surface area contributed by atoms with Gasteiger partial charge in [0.1, 0.15) is 11.6 Å². The molecule has 0 spiro atoms. The molecule has 0 saturated carbocycles. The Bertz CT molecular complexity index is 1150. The van der Waals surface area contributed by atoms with E-state index >= 15 is 0 Å². The second-order valence-electron chi connectivity index (χ2n) is 7.17. The maximum absolute atomic E-state index is 13.0. The fourth-order valence-corrected chi connectivity index (χ4v) is 4.51. The highest BCUT2D eigenvalue weighted by Crippen LogP contribution is 2.25. The van der Waals surface area contributed by atoms with Crippen molar-refractivity contribution in [3.63, 3.8) is 0 Å². The second kappa shape index (κ2) is 10.3. The smallest absolute Gasteiger partial charge is 0.264 e. The lowest BCUT2D eigenvalue weighted by Crippen LogP contribution is -2.30. The lowest BCUT2D eigenvalue weighted by Gasteiger charge is -2.23. The number of benzene rings is 3. The van der Waals surface area contributed by atoms with Crippen LogP contribution in [0.3, 0.4) is 0 Å². The number of hydrogen-bond donors (Lipinski definition) is 1. The fraction of sp³-hybridized carbons (Fsp3) is 0.208. The number of carbonyl (C=O) groups excluding carboxylic acids is 1. The molecule has 0 bridgehead atoms. The number of sulfonamides is 1. The summed E-state index contributed by atoms with van der Waals surface area (Å²) in [6.45, 7) is 4.00. The van der Waals surface area contributed by atoms with Gasteiger partial charge in [-0.2, -0.15) is 0 Å². The molecule has 0 heterocycles. The lowest BCUT2D eigenvalue weighted by molar-refractivity contribution is -0.123. The zero-order valence-corrected chi connectivity index (χ0v) is 18.7. The standard InChI is InChI=1S/C24H25FN2O4S/c1-3-27(32(29,30)23-14-4-18(2)5-15-23)21-10-12-22(13-11-21)31-17-24(28)26-16-19-6-8-20(25)9-7-19/h4-15H,3,16-17H2,1-2H3,(H,26,28). The third-order valence-corrected chi connectivity index (χ3v) is 6.71. The molecule has 0 unspecified atom stereocenters. The molecule has 0 atom stereocenters. The molecule has 0 aromatic heterocycles. The van der Waals surface area contributed by atoms with Crippen LogP contribution in [0.4, 0.5) is 10.1 Å². The van der Waals surface area contributed by atoms with Gasteiger partial charge in [0.2, 0.25) is 0 Å². The van der Waals surface area contributed by atoms with E-state index in [4.69, 9.17) is 4.74 Å². The predicted molar refractivity (Wildman–Crippen MR) is 122 cm³/mol. The van der Waals surface area contributed by atoms with Crippen molar-refractivity contribution in [2.45, 2.75) is 25.3 Å². The zero-order chi connectivity index (χ0) is 23.1. The van der Waals surface area contributed by atoms with Gasteiger partial charge in [0.15, 0.2) is 6.61 Å². The Morgan fingerprint density at radius 2 is 1.59 bits per heavy atom. The van der Waals surface area contributed by atoms with Gasteiger partial charge in [-0.05, 0) is 67.9 Å². The minimum absolute atomic E-state index is 0.195. The number of halogens is 1. The summed E-state index contributed by atoms with van der Waals surface area (Å²) in [4.78, 5) is 12.2. The fourth-order valence-electron chi connectivity index (χ4n) is 3.04. The number of anilines is 1. The summed E-state index contributed by atoms with van der Waals surface area (Å²) >= 11 is 0. The summed E-state index contributed by atoms with van der Waals surface area (Å²) in [6.07, 6.45) is 0. The van der Waals surface area contributed by atoms with Crippen LogP contribution in [-0.2, 0) is 21.4 Å². The highest BCUT2D eigenvalue weighted by atomic mass is 32.2. The molecular weight excluding hydrogens is 431 g/mol. The number of hydrogen-bond acceptors (Lipinski definition) is 4. The van der Waals surface area contributed by atoms with Gasteiger partial charge in [0.25, 0.3) is 15.9 Å². The largest absolute Gasteiger partial charge is 0.484 e. The molecule has 168 valence electrons. The third kappa shape index (κ3) is 5.85. The molecule has 0 aliphatic heterocycles. The van der Waals surface area contributed by atoms with Crippen molar-refractivity contribution in [1.29, 1.82) is 0 Å². The molecule has 0 aliphatic rings. The molecule has 1 N–H and O–H groups in total. The monoisotopic (exact) mass is 456 g/mol. The van der Waals surface area contributed by atoms with E-state index in [2.05, 4.69) is 5.32 Å². The van der Waals surface area contributed by atoms with Crippen LogP contribution in [0.2, 0.25) is 0 Å². The van der Waals surface area contributed by atoms with E-state index < -0.39 is 10.0 Å².